The molecule has 19 heavy (non-hydrogen) atoms. The molecule has 2 heteroatoms. The minimum Gasteiger partial charge on any atom is -0.330 e. The molecule has 0 aliphatic carbocycles. The predicted molar refractivity (Wildman–Crippen MR) is 90.3 cm³/mol. The van der Waals surface area contributed by atoms with E-state index in [-0.39, 0.29) is 0 Å². The Labute approximate surface area is 120 Å². The van der Waals surface area contributed by atoms with E-state index < -0.39 is 0 Å². The molecule has 1 rings (SSSR count). The number of hydrogen-bond acceptors (Lipinski definition) is 2. The zero-order valence-electron chi connectivity index (χ0n) is 14.0. The summed E-state index contributed by atoms with van der Waals surface area (Å²) in [6.45, 7) is 14.6. The highest BCUT2D eigenvalue weighted by atomic mass is 14.5. The fraction of sp³-hybridized carbons (Fsp3) is 0.588. The first-order valence-corrected chi connectivity index (χ1v) is 7.54. The molecule has 0 saturated heterocycles. The van der Waals surface area contributed by atoms with E-state index in [9.17, 15) is 0 Å². The molecule has 0 aliphatic heterocycles. The lowest BCUT2D eigenvalue weighted by Crippen LogP contribution is -2.09. The Morgan fingerprint density at radius 2 is 1.37 bits per heavy atom. The lowest BCUT2D eigenvalue weighted by atomic mass is 10.1. The van der Waals surface area contributed by atoms with Crippen LogP contribution in [0.15, 0.2) is 24.3 Å². The van der Waals surface area contributed by atoms with Crippen LogP contribution >= 0.6 is 0 Å². The van der Waals surface area contributed by atoms with Gasteiger partial charge in [0.1, 0.15) is 0 Å². The molecular weight excluding hydrogens is 232 g/mol. The summed E-state index contributed by atoms with van der Waals surface area (Å²) in [7, 11) is 0. The summed E-state index contributed by atoms with van der Waals surface area (Å²) in [5, 5.41) is 7.60. The zero-order valence-corrected chi connectivity index (χ0v) is 14.0. The van der Waals surface area contributed by atoms with Crippen molar-refractivity contribution in [2.24, 2.45) is 5.73 Å². The summed E-state index contributed by atoms with van der Waals surface area (Å²) in [6, 6.07) is 8.29. The Kier molecular flexibility index (Phi) is 23.2. The van der Waals surface area contributed by atoms with E-state index in [0.717, 1.165) is 6.42 Å². The molecule has 0 aliphatic rings. The summed E-state index contributed by atoms with van der Waals surface area (Å²) in [6.07, 6.45) is 1.44. The quantitative estimate of drug-likeness (QED) is 0.741. The molecule has 0 unspecified atom stereocenters. The summed E-state index contributed by atoms with van der Waals surface area (Å²) in [4.78, 5) is 0. The third-order valence-corrected chi connectivity index (χ3v) is 1.98. The van der Waals surface area contributed by atoms with E-state index in [1.54, 1.807) is 0 Å². The van der Waals surface area contributed by atoms with Crippen LogP contribution in [0, 0.1) is 12.3 Å². The van der Waals surface area contributed by atoms with Crippen molar-refractivity contribution in [2.75, 3.05) is 6.54 Å². The van der Waals surface area contributed by atoms with Crippen molar-refractivity contribution in [3.05, 3.63) is 35.4 Å². The number of nitrogens with one attached hydrogen (secondary N) is 1. The van der Waals surface area contributed by atoms with Crippen molar-refractivity contribution < 1.29 is 0 Å². The highest BCUT2D eigenvalue weighted by Crippen LogP contribution is 2.05. The second kappa shape index (κ2) is 19.2. The minimum atomic E-state index is 0.574. The van der Waals surface area contributed by atoms with Crippen molar-refractivity contribution in [2.45, 2.75) is 61.3 Å². The van der Waals surface area contributed by atoms with Gasteiger partial charge in [0.25, 0.3) is 0 Å². The van der Waals surface area contributed by atoms with Crippen LogP contribution in [0.25, 0.3) is 0 Å². The molecule has 1 aromatic carbocycles. The molecular formula is C17H34N2. The van der Waals surface area contributed by atoms with Gasteiger partial charge in [0, 0.05) is 12.1 Å². The van der Waals surface area contributed by atoms with Crippen molar-refractivity contribution >= 4 is 5.71 Å². The monoisotopic (exact) mass is 266 g/mol. The van der Waals surface area contributed by atoms with E-state index in [0.29, 0.717) is 18.7 Å². The molecule has 1 aromatic rings. The normalized spacial score (nSPS) is 7.79. The first-order chi connectivity index (χ1) is 9.22. The lowest BCUT2D eigenvalue weighted by Gasteiger charge is -2.02. The first kappa shape index (κ1) is 23.0. The highest BCUT2D eigenvalue weighted by molar-refractivity contribution is 5.83. The largest absolute Gasteiger partial charge is 0.330 e. The van der Waals surface area contributed by atoms with Gasteiger partial charge in [-0.05, 0) is 25.5 Å². The molecule has 0 heterocycles. The number of benzene rings is 1. The maximum atomic E-state index is 7.60. The second-order valence-electron chi connectivity index (χ2n) is 3.30. The van der Waals surface area contributed by atoms with Crippen LogP contribution in [0.5, 0.6) is 0 Å². The molecule has 0 spiro atoms. The molecule has 0 saturated carbocycles. The second-order valence-corrected chi connectivity index (χ2v) is 3.30. The maximum absolute atomic E-state index is 7.60. The van der Waals surface area contributed by atoms with Crippen molar-refractivity contribution in [3.63, 3.8) is 0 Å². The smallest absolute Gasteiger partial charge is 0.0145 e. The maximum Gasteiger partial charge on any atom is 0.0145 e. The van der Waals surface area contributed by atoms with E-state index in [1.807, 2.05) is 41.5 Å². The van der Waals surface area contributed by atoms with Crippen LogP contribution in [0.3, 0.4) is 0 Å². The van der Waals surface area contributed by atoms with Crippen molar-refractivity contribution in [1.82, 2.24) is 0 Å². The minimum absolute atomic E-state index is 0.574. The summed E-state index contributed by atoms with van der Waals surface area (Å²) >= 11 is 0. The van der Waals surface area contributed by atoms with Gasteiger partial charge in [-0.2, -0.15) is 0 Å². The van der Waals surface area contributed by atoms with Gasteiger partial charge in [0.2, 0.25) is 0 Å². The van der Waals surface area contributed by atoms with Crippen LogP contribution in [0.4, 0.5) is 0 Å². The lowest BCUT2D eigenvalue weighted by molar-refractivity contribution is 1.01. The zero-order chi connectivity index (χ0) is 15.7. The van der Waals surface area contributed by atoms with Gasteiger partial charge in [-0.1, -0.05) is 71.4 Å². The van der Waals surface area contributed by atoms with Gasteiger partial charge >= 0.3 is 0 Å². The van der Waals surface area contributed by atoms with E-state index >= 15 is 0 Å². The first-order valence-electron chi connectivity index (χ1n) is 7.54. The number of rotatable bonds is 4. The average Bonchev–Trinajstić information content (AvgIpc) is 2.48. The Morgan fingerprint density at radius 3 is 1.74 bits per heavy atom. The number of aryl methyl sites for hydroxylation is 1. The van der Waals surface area contributed by atoms with Crippen LogP contribution in [0.2, 0.25) is 0 Å². The Morgan fingerprint density at radius 1 is 0.947 bits per heavy atom. The van der Waals surface area contributed by atoms with E-state index in [1.165, 1.54) is 11.1 Å². The van der Waals surface area contributed by atoms with Gasteiger partial charge in [0.15, 0.2) is 0 Å². The average molecular weight is 266 g/mol. The van der Waals surface area contributed by atoms with Gasteiger partial charge in [-0.15, -0.1) is 0 Å². The Hall–Kier alpha value is -1.15. The molecule has 2 nitrogen and oxygen atoms in total. The van der Waals surface area contributed by atoms with Crippen LogP contribution in [-0.4, -0.2) is 12.3 Å². The predicted octanol–water partition coefficient (Wildman–Crippen LogP) is 4.98. The molecule has 3 N–H and O–H groups in total. The molecule has 0 bridgehead atoms. The van der Waals surface area contributed by atoms with E-state index in [4.69, 9.17) is 11.1 Å². The standard InChI is InChI=1S/C11H16N2.3C2H6/c1-9-2-4-10(5-3-9)8-11(13)6-7-12;3*1-2/h2-5,13H,6-8,12H2,1H3;3*1-2H3. The summed E-state index contributed by atoms with van der Waals surface area (Å²) in [5.41, 5.74) is 8.54. The third-order valence-electron chi connectivity index (χ3n) is 1.98. The third kappa shape index (κ3) is 14.8. The summed E-state index contributed by atoms with van der Waals surface area (Å²) < 4.78 is 0. The Bertz CT molecular complexity index is 276. The number of hydrogen-bond donors (Lipinski definition) is 2. The molecule has 0 atom stereocenters. The van der Waals surface area contributed by atoms with Crippen molar-refractivity contribution in [3.8, 4) is 0 Å². The van der Waals surface area contributed by atoms with Gasteiger partial charge in [-0.3, -0.25) is 0 Å². The molecule has 112 valence electrons. The van der Waals surface area contributed by atoms with Gasteiger partial charge in [0.05, 0.1) is 0 Å². The SMILES string of the molecule is CC.CC.CC.Cc1ccc(CC(=N)CCN)cc1. The van der Waals surface area contributed by atoms with Crippen LogP contribution in [-0.2, 0) is 6.42 Å². The fourth-order valence-corrected chi connectivity index (χ4v) is 1.21. The van der Waals surface area contributed by atoms with Crippen LogP contribution < -0.4 is 5.73 Å². The Balaban J connectivity index is -0.000000375. The van der Waals surface area contributed by atoms with E-state index in [2.05, 4.69) is 31.2 Å². The molecule has 0 radical (unpaired) electrons. The van der Waals surface area contributed by atoms with Gasteiger partial charge in [-0.25, -0.2) is 0 Å². The topological polar surface area (TPSA) is 49.9 Å². The fourth-order valence-electron chi connectivity index (χ4n) is 1.21. The van der Waals surface area contributed by atoms with Crippen LogP contribution in [0.1, 0.15) is 59.1 Å². The molecule has 0 aromatic heterocycles. The molecule has 0 amide bonds. The highest BCUT2D eigenvalue weighted by Gasteiger charge is 1.97. The number of nitrogens with two attached hydrogens (primary N) is 1. The van der Waals surface area contributed by atoms with Crippen molar-refractivity contribution in [1.29, 1.82) is 5.41 Å². The summed E-state index contributed by atoms with van der Waals surface area (Å²) in [5.74, 6) is 0. The van der Waals surface area contributed by atoms with Gasteiger partial charge < -0.3 is 11.1 Å². The molecule has 0 fully saturated rings.